The topological polar surface area (TPSA) is 55.8 Å². The Balaban J connectivity index is 1.87. The minimum atomic E-state index is -0.979. The summed E-state index contributed by atoms with van der Waals surface area (Å²) >= 11 is 0. The molecule has 110 valence electrons. The highest BCUT2D eigenvalue weighted by Crippen LogP contribution is 2.19. The molecule has 4 nitrogen and oxygen atoms in total. The van der Waals surface area contributed by atoms with Crippen molar-refractivity contribution in [1.29, 1.82) is 0 Å². The number of benzene rings is 2. The van der Waals surface area contributed by atoms with Crippen LogP contribution in [0, 0.1) is 12.7 Å². The maximum atomic E-state index is 13.3. The van der Waals surface area contributed by atoms with Crippen LogP contribution in [0.25, 0.3) is 0 Å². The molecule has 5 heteroatoms. The minimum Gasteiger partial charge on any atom is -0.490 e. The number of aromatic carboxylic acids is 1. The first-order valence-electron chi connectivity index (χ1n) is 6.42. The van der Waals surface area contributed by atoms with E-state index in [1.54, 1.807) is 31.2 Å². The molecule has 0 saturated heterocycles. The number of ether oxygens (including phenoxy) is 2. The zero-order valence-corrected chi connectivity index (χ0v) is 11.5. The molecule has 0 radical (unpaired) electrons. The molecule has 0 fully saturated rings. The number of para-hydroxylation sites is 1. The van der Waals surface area contributed by atoms with Crippen molar-refractivity contribution in [3.63, 3.8) is 0 Å². The van der Waals surface area contributed by atoms with Crippen LogP contribution in [0.1, 0.15) is 15.9 Å². The Morgan fingerprint density at radius 2 is 1.76 bits per heavy atom. The van der Waals surface area contributed by atoms with Crippen molar-refractivity contribution in [2.45, 2.75) is 6.92 Å². The molecule has 21 heavy (non-hydrogen) atoms. The molecule has 0 heterocycles. The highest BCUT2D eigenvalue weighted by atomic mass is 19.1. The molecule has 0 atom stereocenters. The Labute approximate surface area is 121 Å². The number of carboxylic acid groups (broad SMARTS) is 1. The predicted molar refractivity (Wildman–Crippen MR) is 75.5 cm³/mol. The smallest absolute Gasteiger partial charge is 0.335 e. The van der Waals surface area contributed by atoms with Crippen molar-refractivity contribution in [2.75, 3.05) is 13.2 Å². The zero-order chi connectivity index (χ0) is 15.2. The molecule has 2 aromatic rings. The number of aryl methyl sites for hydroxylation is 1. The molecule has 0 aliphatic carbocycles. The van der Waals surface area contributed by atoms with Crippen LogP contribution in [-0.2, 0) is 0 Å². The van der Waals surface area contributed by atoms with Crippen LogP contribution >= 0.6 is 0 Å². The predicted octanol–water partition coefficient (Wildman–Crippen LogP) is 3.29. The summed E-state index contributed by atoms with van der Waals surface area (Å²) in [5.41, 5.74) is 0.934. The van der Waals surface area contributed by atoms with Crippen molar-refractivity contribution < 1.29 is 23.8 Å². The summed E-state index contributed by atoms with van der Waals surface area (Å²) in [4.78, 5) is 10.8. The lowest BCUT2D eigenvalue weighted by Gasteiger charge is -2.11. The molecule has 0 spiro atoms. The number of hydrogen-bond acceptors (Lipinski definition) is 3. The number of halogens is 1. The first-order chi connectivity index (χ1) is 10.1. The van der Waals surface area contributed by atoms with Crippen molar-refractivity contribution in [1.82, 2.24) is 0 Å². The third kappa shape index (κ3) is 3.95. The Morgan fingerprint density at radius 1 is 1.10 bits per heavy atom. The van der Waals surface area contributed by atoms with Crippen molar-refractivity contribution in [3.05, 3.63) is 59.4 Å². The van der Waals surface area contributed by atoms with Gasteiger partial charge in [0.25, 0.3) is 0 Å². The second kappa shape index (κ2) is 6.74. The van der Waals surface area contributed by atoms with Gasteiger partial charge >= 0.3 is 5.97 Å². The second-order valence-electron chi connectivity index (χ2n) is 4.41. The first kappa shape index (κ1) is 14.8. The average Bonchev–Trinajstić information content (AvgIpc) is 2.46. The van der Waals surface area contributed by atoms with E-state index in [1.807, 2.05) is 0 Å². The summed E-state index contributed by atoms with van der Waals surface area (Å²) in [5.74, 6) is -0.636. The van der Waals surface area contributed by atoms with Gasteiger partial charge in [-0.25, -0.2) is 9.18 Å². The van der Waals surface area contributed by atoms with E-state index in [0.717, 1.165) is 5.56 Å². The molecular formula is C16H15FO4. The molecule has 0 amide bonds. The fraction of sp³-hybridized carbons (Fsp3) is 0.188. The summed E-state index contributed by atoms with van der Waals surface area (Å²) in [6, 6.07) is 10.8. The summed E-state index contributed by atoms with van der Waals surface area (Å²) in [5, 5.41) is 8.87. The van der Waals surface area contributed by atoms with E-state index in [9.17, 15) is 9.18 Å². The molecule has 0 unspecified atom stereocenters. The highest BCUT2D eigenvalue weighted by molar-refractivity contribution is 5.88. The van der Waals surface area contributed by atoms with Gasteiger partial charge in [-0.05, 0) is 42.8 Å². The van der Waals surface area contributed by atoms with E-state index >= 15 is 0 Å². The molecule has 0 aliphatic rings. The Morgan fingerprint density at radius 3 is 2.38 bits per heavy atom. The fourth-order valence-corrected chi connectivity index (χ4v) is 1.81. The van der Waals surface area contributed by atoms with Gasteiger partial charge in [-0.1, -0.05) is 12.1 Å². The maximum absolute atomic E-state index is 13.3. The van der Waals surface area contributed by atoms with Gasteiger partial charge < -0.3 is 14.6 Å². The third-order valence-corrected chi connectivity index (χ3v) is 2.86. The lowest BCUT2D eigenvalue weighted by Crippen LogP contribution is -2.10. The molecule has 0 aliphatic heterocycles. The Hall–Kier alpha value is -2.56. The Kier molecular flexibility index (Phi) is 4.77. The van der Waals surface area contributed by atoms with E-state index in [0.29, 0.717) is 5.75 Å². The highest BCUT2D eigenvalue weighted by Gasteiger charge is 2.07. The number of rotatable bonds is 6. The molecule has 2 rings (SSSR count). The summed E-state index contributed by atoms with van der Waals surface area (Å²) in [6.07, 6.45) is 0. The molecule has 0 aromatic heterocycles. The molecule has 1 N–H and O–H groups in total. The molecule has 2 aromatic carbocycles. The zero-order valence-electron chi connectivity index (χ0n) is 11.5. The minimum absolute atomic E-state index is 0.180. The van der Waals surface area contributed by atoms with Crippen LogP contribution in [-0.4, -0.2) is 24.3 Å². The molecular weight excluding hydrogens is 275 g/mol. The quantitative estimate of drug-likeness (QED) is 0.829. The van der Waals surface area contributed by atoms with Crippen LogP contribution < -0.4 is 9.47 Å². The van der Waals surface area contributed by atoms with Gasteiger partial charge in [0.15, 0.2) is 11.6 Å². The number of carboxylic acids is 1. The van der Waals surface area contributed by atoms with Crippen LogP contribution in [0.15, 0.2) is 42.5 Å². The lowest BCUT2D eigenvalue weighted by atomic mass is 10.1. The SMILES string of the molecule is Cc1cc(C(=O)O)ccc1OCCOc1ccccc1F. The molecule has 0 bridgehead atoms. The van der Waals surface area contributed by atoms with Gasteiger partial charge in [0.1, 0.15) is 19.0 Å². The van der Waals surface area contributed by atoms with Gasteiger partial charge in [0.05, 0.1) is 5.56 Å². The van der Waals surface area contributed by atoms with Gasteiger partial charge in [0, 0.05) is 0 Å². The molecule has 0 saturated carbocycles. The van der Waals surface area contributed by atoms with Crippen molar-refractivity contribution in [3.8, 4) is 11.5 Å². The summed E-state index contributed by atoms with van der Waals surface area (Å²) in [7, 11) is 0. The van der Waals surface area contributed by atoms with Gasteiger partial charge in [-0.15, -0.1) is 0 Å². The average molecular weight is 290 g/mol. The normalized spacial score (nSPS) is 10.2. The number of hydrogen-bond donors (Lipinski definition) is 1. The lowest BCUT2D eigenvalue weighted by molar-refractivity contribution is 0.0696. The maximum Gasteiger partial charge on any atom is 0.335 e. The number of carbonyl (C=O) groups is 1. The largest absolute Gasteiger partial charge is 0.490 e. The van der Waals surface area contributed by atoms with E-state index in [2.05, 4.69) is 0 Å². The van der Waals surface area contributed by atoms with Crippen LogP contribution in [0.2, 0.25) is 0 Å². The van der Waals surface area contributed by atoms with Gasteiger partial charge in [-0.2, -0.15) is 0 Å². The standard InChI is InChI=1S/C16H15FO4/c1-11-10-12(16(18)19)6-7-14(11)20-8-9-21-15-5-3-2-4-13(15)17/h2-7,10H,8-9H2,1H3,(H,18,19). The van der Waals surface area contributed by atoms with Crippen molar-refractivity contribution >= 4 is 5.97 Å². The summed E-state index contributed by atoms with van der Waals surface area (Å²) in [6.45, 7) is 2.20. The van der Waals surface area contributed by atoms with Crippen LogP contribution in [0.3, 0.4) is 0 Å². The van der Waals surface area contributed by atoms with Crippen LogP contribution in [0.4, 0.5) is 4.39 Å². The summed E-state index contributed by atoms with van der Waals surface area (Å²) < 4.78 is 24.1. The fourth-order valence-electron chi connectivity index (χ4n) is 1.81. The van der Waals surface area contributed by atoms with Gasteiger partial charge in [-0.3, -0.25) is 0 Å². The van der Waals surface area contributed by atoms with Gasteiger partial charge in [0.2, 0.25) is 0 Å². The van der Waals surface area contributed by atoms with E-state index in [4.69, 9.17) is 14.6 Å². The second-order valence-corrected chi connectivity index (χ2v) is 4.41. The third-order valence-electron chi connectivity index (χ3n) is 2.86. The van der Waals surface area contributed by atoms with Crippen LogP contribution in [0.5, 0.6) is 11.5 Å². The van der Waals surface area contributed by atoms with E-state index in [-0.39, 0.29) is 24.5 Å². The van der Waals surface area contributed by atoms with E-state index in [1.165, 1.54) is 18.2 Å². The Bertz CT molecular complexity index is 640. The van der Waals surface area contributed by atoms with Crippen molar-refractivity contribution in [2.24, 2.45) is 0 Å². The van der Waals surface area contributed by atoms with E-state index < -0.39 is 11.8 Å². The first-order valence-corrected chi connectivity index (χ1v) is 6.42. The monoisotopic (exact) mass is 290 g/mol.